The molecule has 0 aliphatic carbocycles. The van der Waals surface area contributed by atoms with Gasteiger partial charge in [0.05, 0.1) is 0 Å². The zero-order valence-electron chi connectivity index (χ0n) is 12.1. The van der Waals surface area contributed by atoms with Gasteiger partial charge in [-0.25, -0.2) is 4.39 Å². The van der Waals surface area contributed by atoms with Crippen LogP contribution in [0.1, 0.15) is 53.4 Å². The van der Waals surface area contributed by atoms with Crippen LogP contribution in [0, 0.1) is 5.82 Å². The molecule has 1 aromatic rings. The van der Waals surface area contributed by atoms with E-state index >= 15 is 0 Å². The van der Waals surface area contributed by atoms with Crippen molar-refractivity contribution in [3.8, 4) is 0 Å². The number of halogens is 1. The molecule has 0 aliphatic rings. The fourth-order valence-corrected chi connectivity index (χ4v) is 6.12. The minimum Gasteiger partial charge on any atom is -0.207 e. The lowest BCUT2D eigenvalue weighted by Gasteiger charge is -2.30. The van der Waals surface area contributed by atoms with E-state index < -0.39 is 0 Å². The Hall–Kier alpha value is -0.420. The van der Waals surface area contributed by atoms with Crippen molar-refractivity contribution in [2.75, 3.05) is 0 Å². The maximum absolute atomic E-state index is 13.1. The number of benzene rings is 1. The lowest BCUT2D eigenvalue weighted by atomic mass is 10.3. The van der Waals surface area contributed by atoms with Gasteiger partial charge in [-0.1, -0.05) is 60.6 Å². The Bertz CT molecular complexity index is 321. The Labute approximate surface area is 113 Å². The molecule has 0 aliphatic heterocycles. The summed E-state index contributed by atoms with van der Waals surface area (Å²) in [5.74, 6) is -0.125. The number of hydrogen-bond donors (Lipinski definition) is 0. The molecule has 102 valence electrons. The SMILES string of the molecule is CCCC(C)P(c1ccc(F)cc1)C(C)CCC. The van der Waals surface area contributed by atoms with Crippen molar-refractivity contribution in [2.45, 2.75) is 64.7 Å². The summed E-state index contributed by atoms with van der Waals surface area (Å²) < 4.78 is 13.1. The van der Waals surface area contributed by atoms with Crippen LogP contribution in [0.5, 0.6) is 0 Å². The average Bonchev–Trinajstić information content (AvgIpc) is 2.33. The first-order chi connectivity index (χ1) is 8.60. The zero-order chi connectivity index (χ0) is 13.5. The molecule has 0 saturated heterocycles. The first-order valence-electron chi connectivity index (χ1n) is 7.14. The molecule has 0 aromatic heterocycles. The smallest absolute Gasteiger partial charge is 0.123 e. The van der Waals surface area contributed by atoms with Crippen LogP contribution >= 0.6 is 7.92 Å². The van der Waals surface area contributed by atoms with E-state index in [2.05, 4.69) is 27.7 Å². The third kappa shape index (κ3) is 4.35. The first-order valence-corrected chi connectivity index (χ1v) is 8.62. The van der Waals surface area contributed by atoms with Gasteiger partial charge in [-0.05, 0) is 41.6 Å². The van der Waals surface area contributed by atoms with Crippen molar-refractivity contribution < 1.29 is 4.39 Å². The summed E-state index contributed by atoms with van der Waals surface area (Å²) in [6.07, 6.45) is 5.02. The van der Waals surface area contributed by atoms with E-state index in [1.54, 1.807) is 12.1 Å². The summed E-state index contributed by atoms with van der Waals surface area (Å²) in [5, 5.41) is 1.37. The van der Waals surface area contributed by atoms with Gasteiger partial charge in [0.25, 0.3) is 0 Å². The van der Waals surface area contributed by atoms with Crippen LogP contribution in [0.3, 0.4) is 0 Å². The number of rotatable bonds is 7. The Morgan fingerprint density at radius 2 is 1.39 bits per heavy atom. The van der Waals surface area contributed by atoms with Gasteiger partial charge < -0.3 is 0 Å². The van der Waals surface area contributed by atoms with Crippen molar-refractivity contribution >= 4 is 13.2 Å². The van der Waals surface area contributed by atoms with Crippen molar-refractivity contribution in [1.29, 1.82) is 0 Å². The monoisotopic (exact) mass is 268 g/mol. The predicted molar refractivity (Wildman–Crippen MR) is 81.7 cm³/mol. The van der Waals surface area contributed by atoms with E-state index in [9.17, 15) is 4.39 Å². The Morgan fingerprint density at radius 3 is 1.78 bits per heavy atom. The molecule has 0 bridgehead atoms. The molecule has 0 spiro atoms. The van der Waals surface area contributed by atoms with E-state index in [-0.39, 0.29) is 13.7 Å². The van der Waals surface area contributed by atoms with Crippen molar-refractivity contribution in [2.24, 2.45) is 0 Å². The van der Waals surface area contributed by atoms with E-state index in [0.29, 0.717) is 0 Å². The highest BCUT2D eigenvalue weighted by Crippen LogP contribution is 2.48. The van der Waals surface area contributed by atoms with Gasteiger partial charge in [-0.2, -0.15) is 0 Å². The fourth-order valence-electron chi connectivity index (χ4n) is 2.67. The van der Waals surface area contributed by atoms with E-state index in [4.69, 9.17) is 0 Å². The summed E-state index contributed by atoms with van der Waals surface area (Å²) >= 11 is 0. The first kappa shape index (κ1) is 15.6. The molecule has 1 rings (SSSR count). The van der Waals surface area contributed by atoms with Gasteiger partial charge in [0.1, 0.15) is 5.82 Å². The molecule has 0 nitrogen and oxygen atoms in total. The van der Waals surface area contributed by atoms with E-state index in [1.807, 2.05) is 12.1 Å². The zero-order valence-corrected chi connectivity index (χ0v) is 13.0. The second kappa shape index (κ2) is 7.89. The van der Waals surface area contributed by atoms with E-state index in [1.165, 1.54) is 31.0 Å². The maximum Gasteiger partial charge on any atom is 0.123 e. The van der Waals surface area contributed by atoms with Crippen LogP contribution in [0.25, 0.3) is 0 Å². The van der Waals surface area contributed by atoms with Crippen molar-refractivity contribution in [3.63, 3.8) is 0 Å². The Morgan fingerprint density at radius 1 is 0.944 bits per heavy atom. The molecular weight excluding hydrogens is 242 g/mol. The van der Waals surface area contributed by atoms with Gasteiger partial charge in [0.15, 0.2) is 0 Å². The lowest BCUT2D eigenvalue weighted by molar-refractivity contribution is 0.628. The summed E-state index contributed by atoms with van der Waals surface area (Å²) in [4.78, 5) is 0. The maximum atomic E-state index is 13.1. The topological polar surface area (TPSA) is 0 Å². The molecule has 2 atom stereocenters. The Kier molecular flexibility index (Phi) is 6.86. The molecule has 2 heteroatoms. The van der Waals surface area contributed by atoms with Crippen LogP contribution in [-0.4, -0.2) is 11.3 Å². The fraction of sp³-hybridized carbons (Fsp3) is 0.625. The summed E-state index contributed by atoms with van der Waals surface area (Å²) in [6, 6.07) is 7.22. The molecule has 0 amide bonds. The highest BCUT2D eigenvalue weighted by molar-refractivity contribution is 7.66. The van der Waals surface area contributed by atoms with Gasteiger partial charge in [0.2, 0.25) is 0 Å². The standard InChI is InChI=1S/C16H26FP/c1-5-7-13(3)18(14(4)8-6-2)16-11-9-15(17)10-12-16/h9-14H,5-8H2,1-4H3. The summed E-state index contributed by atoms with van der Waals surface area (Å²) in [5.41, 5.74) is 1.47. The van der Waals surface area contributed by atoms with Crippen LogP contribution in [0.15, 0.2) is 24.3 Å². The third-order valence-corrected chi connectivity index (χ3v) is 6.80. The van der Waals surface area contributed by atoms with Crippen LogP contribution in [-0.2, 0) is 0 Å². The molecule has 0 heterocycles. The van der Waals surface area contributed by atoms with Crippen LogP contribution in [0.4, 0.5) is 4.39 Å². The second-order valence-corrected chi connectivity index (χ2v) is 8.25. The van der Waals surface area contributed by atoms with Gasteiger partial charge in [0, 0.05) is 0 Å². The largest absolute Gasteiger partial charge is 0.207 e. The van der Waals surface area contributed by atoms with Crippen LogP contribution in [0.2, 0.25) is 0 Å². The molecule has 18 heavy (non-hydrogen) atoms. The van der Waals surface area contributed by atoms with Crippen LogP contribution < -0.4 is 5.30 Å². The number of hydrogen-bond acceptors (Lipinski definition) is 0. The Balaban J connectivity index is 2.91. The molecule has 0 saturated carbocycles. The molecular formula is C16H26FP. The molecule has 1 aromatic carbocycles. The predicted octanol–water partition coefficient (Wildman–Crippen LogP) is 5.31. The average molecular weight is 268 g/mol. The van der Waals surface area contributed by atoms with Gasteiger partial charge in [-0.3, -0.25) is 0 Å². The minimum atomic E-state index is -0.169. The third-order valence-electron chi connectivity index (χ3n) is 3.49. The molecule has 2 unspecified atom stereocenters. The molecule has 0 fully saturated rings. The van der Waals surface area contributed by atoms with Crippen molar-refractivity contribution in [3.05, 3.63) is 30.1 Å². The highest BCUT2D eigenvalue weighted by Gasteiger charge is 2.23. The summed E-state index contributed by atoms with van der Waals surface area (Å²) in [7, 11) is -0.169. The molecule has 0 N–H and O–H groups in total. The lowest BCUT2D eigenvalue weighted by Crippen LogP contribution is -2.19. The van der Waals surface area contributed by atoms with Gasteiger partial charge in [-0.15, -0.1) is 0 Å². The van der Waals surface area contributed by atoms with E-state index in [0.717, 1.165) is 11.3 Å². The quantitative estimate of drug-likeness (QED) is 0.588. The highest BCUT2D eigenvalue weighted by atomic mass is 31.1. The minimum absolute atomic E-state index is 0.125. The van der Waals surface area contributed by atoms with Gasteiger partial charge >= 0.3 is 0 Å². The van der Waals surface area contributed by atoms with Crippen molar-refractivity contribution in [1.82, 2.24) is 0 Å². The summed E-state index contributed by atoms with van der Waals surface area (Å²) in [6.45, 7) is 9.23. The normalized spacial score (nSPS) is 16.3. The second-order valence-electron chi connectivity index (χ2n) is 5.16. The molecule has 0 radical (unpaired) electrons.